The van der Waals surface area contributed by atoms with E-state index in [1.54, 1.807) is 5.57 Å². The minimum atomic E-state index is 0.172. The number of rotatable bonds is 5. The van der Waals surface area contributed by atoms with Gasteiger partial charge in [0.25, 0.3) is 0 Å². The second-order valence-electron chi connectivity index (χ2n) is 8.76. The highest BCUT2D eigenvalue weighted by molar-refractivity contribution is 5.18. The molecule has 0 spiro atoms. The number of quaternary nitrogens is 1. The number of allylic oxidation sites excluding steroid dienone is 4. The first kappa shape index (κ1) is 17.2. The van der Waals surface area contributed by atoms with Crippen LogP contribution >= 0.6 is 0 Å². The lowest BCUT2D eigenvalue weighted by Crippen LogP contribution is -2.94. The Morgan fingerprint density at radius 2 is 2.13 bits per heavy atom. The highest BCUT2D eigenvalue weighted by atomic mass is 16.6. The SMILES string of the molecule is [CH2-][NH2+]C1(C)CCC(C2(CCC=C(C)C)CO2)C2C=C(C)CCC21. The quantitative estimate of drug-likeness (QED) is 0.463. The smallest absolute Gasteiger partial charge is 0.0953 e. The van der Waals surface area contributed by atoms with Gasteiger partial charge >= 0.3 is 0 Å². The van der Waals surface area contributed by atoms with Gasteiger partial charge in [-0.3, -0.25) is 0 Å². The number of hydrogen-bond donors (Lipinski definition) is 1. The van der Waals surface area contributed by atoms with E-state index in [0.29, 0.717) is 17.4 Å². The van der Waals surface area contributed by atoms with Crippen LogP contribution in [0.2, 0.25) is 0 Å². The lowest BCUT2D eigenvalue weighted by Gasteiger charge is -2.51. The predicted molar refractivity (Wildman–Crippen MR) is 95.7 cm³/mol. The van der Waals surface area contributed by atoms with Crippen molar-refractivity contribution >= 4 is 0 Å². The zero-order valence-electron chi connectivity index (χ0n) is 15.5. The van der Waals surface area contributed by atoms with Gasteiger partial charge in [0.05, 0.1) is 17.7 Å². The van der Waals surface area contributed by atoms with Gasteiger partial charge in [0, 0.05) is 12.3 Å². The van der Waals surface area contributed by atoms with Crippen molar-refractivity contribution in [3.63, 3.8) is 0 Å². The van der Waals surface area contributed by atoms with Crippen molar-refractivity contribution in [1.82, 2.24) is 0 Å². The summed E-state index contributed by atoms with van der Waals surface area (Å²) < 4.78 is 6.12. The van der Waals surface area contributed by atoms with E-state index >= 15 is 0 Å². The van der Waals surface area contributed by atoms with Crippen LogP contribution in [0.25, 0.3) is 0 Å². The first-order valence-electron chi connectivity index (χ1n) is 9.48. The molecule has 1 heterocycles. The zero-order chi connectivity index (χ0) is 16.7. The lowest BCUT2D eigenvalue weighted by atomic mass is 9.56. The second-order valence-corrected chi connectivity index (χ2v) is 8.76. The maximum Gasteiger partial charge on any atom is 0.0953 e. The van der Waals surface area contributed by atoms with E-state index in [9.17, 15) is 0 Å². The van der Waals surface area contributed by atoms with Gasteiger partial charge in [-0.05, 0) is 71.6 Å². The standard InChI is InChI=1S/C21H35NO/c1-15(2)7-6-11-21(14-23-21)19-10-12-20(4,22-5)18-9-8-16(3)13-17(18)19/h7,13,17-19H,5-6,8-12,14,22H2,1-4H3. The van der Waals surface area contributed by atoms with Crippen molar-refractivity contribution in [1.29, 1.82) is 0 Å². The van der Waals surface area contributed by atoms with Gasteiger partial charge < -0.3 is 10.1 Å². The van der Waals surface area contributed by atoms with Crippen LogP contribution < -0.4 is 5.32 Å². The average molecular weight is 318 g/mol. The number of hydrogen-bond acceptors (Lipinski definition) is 1. The molecule has 2 aliphatic carbocycles. The van der Waals surface area contributed by atoms with Gasteiger partial charge in [-0.25, -0.2) is 0 Å². The topological polar surface area (TPSA) is 29.1 Å². The fourth-order valence-corrected chi connectivity index (χ4v) is 5.22. The van der Waals surface area contributed by atoms with Crippen molar-refractivity contribution in [3.8, 4) is 0 Å². The van der Waals surface area contributed by atoms with Gasteiger partial charge in [-0.1, -0.05) is 23.3 Å². The molecule has 5 unspecified atom stereocenters. The Morgan fingerprint density at radius 3 is 2.74 bits per heavy atom. The molecule has 5 atom stereocenters. The first-order valence-corrected chi connectivity index (χ1v) is 9.48. The average Bonchev–Trinajstić information content (AvgIpc) is 3.27. The van der Waals surface area contributed by atoms with Gasteiger partial charge in [0.2, 0.25) is 0 Å². The molecule has 2 N–H and O–H groups in total. The summed E-state index contributed by atoms with van der Waals surface area (Å²) in [7, 11) is 4.18. The van der Waals surface area contributed by atoms with Crippen LogP contribution in [0, 0.1) is 24.8 Å². The zero-order valence-corrected chi connectivity index (χ0v) is 15.5. The third-order valence-electron chi connectivity index (χ3n) is 6.87. The third kappa shape index (κ3) is 3.30. The summed E-state index contributed by atoms with van der Waals surface area (Å²) in [5.74, 6) is 2.16. The molecule has 3 rings (SSSR count). The molecule has 1 saturated carbocycles. The summed E-state index contributed by atoms with van der Waals surface area (Å²) in [5.41, 5.74) is 3.50. The monoisotopic (exact) mass is 317 g/mol. The molecule has 0 aromatic heterocycles. The van der Waals surface area contributed by atoms with E-state index in [1.165, 1.54) is 37.7 Å². The van der Waals surface area contributed by atoms with Crippen LogP contribution in [0.4, 0.5) is 0 Å². The molecule has 3 aliphatic rings. The van der Waals surface area contributed by atoms with E-state index < -0.39 is 0 Å². The summed E-state index contributed by atoms with van der Waals surface area (Å²) in [5, 5.41) is 2.25. The molecule has 0 radical (unpaired) electrons. The summed E-state index contributed by atoms with van der Waals surface area (Å²) in [4.78, 5) is 0. The summed E-state index contributed by atoms with van der Waals surface area (Å²) in [6.45, 7) is 10.1. The molecule has 130 valence electrons. The van der Waals surface area contributed by atoms with E-state index in [4.69, 9.17) is 4.74 Å². The molecule has 23 heavy (non-hydrogen) atoms. The van der Waals surface area contributed by atoms with Gasteiger partial charge in [0.1, 0.15) is 0 Å². The first-order chi connectivity index (χ1) is 10.9. The molecule has 0 aromatic carbocycles. The van der Waals surface area contributed by atoms with E-state index in [0.717, 1.165) is 18.9 Å². The minimum absolute atomic E-state index is 0.172. The van der Waals surface area contributed by atoms with Crippen LogP contribution in [0.3, 0.4) is 0 Å². The Bertz CT molecular complexity index is 498. The van der Waals surface area contributed by atoms with Gasteiger partial charge in [-0.15, -0.1) is 0 Å². The van der Waals surface area contributed by atoms with E-state index in [-0.39, 0.29) is 5.60 Å². The van der Waals surface area contributed by atoms with E-state index in [1.807, 2.05) is 0 Å². The summed E-state index contributed by atoms with van der Waals surface area (Å²) in [6, 6.07) is 0. The van der Waals surface area contributed by atoms with Crippen LogP contribution in [-0.2, 0) is 4.74 Å². The minimum Gasteiger partial charge on any atom is -0.474 e. The summed E-state index contributed by atoms with van der Waals surface area (Å²) in [6.07, 6.45) is 12.5. The van der Waals surface area contributed by atoms with E-state index in [2.05, 4.69) is 52.2 Å². The molecule has 2 fully saturated rings. The maximum absolute atomic E-state index is 6.12. The molecule has 1 aliphatic heterocycles. The number of fused-ring (bicyclic) bond motifs is 1. The summed E-state index contributed by atoms with van der Waals surface area (Å²) >= 11 is 0. The fraction of sp³-hybridized carbons (Fsp3) is 0.762. The Morgan fingerprint density at radius 1 is 1.39 bits per heavy atom. The fourth-order valence-electron chi connectivity index (χ4n) is 5.22. The molecular weight excluding hydrogens is 282 g/mol. The largest absolute Gasteiger partial charge is 0.474 e. The van der Waals surface area contributed by atoms with Crippen molar-refractivity contribution in [2.24, 2.45) is 17.8 Å². The van der Waals surface area contributed by atoms with Crippen LogP contribution in [-0.4, -0.2) is 17.7 Å². The van der Waals surface area contributed by atoms with Crippen LogP contribution in [0.1, 0.15) is 66.2 Å². The highest BCUT2D eigenvalue weighted by Crippen LogP contribution is 2.55. The molecule has 1 saturated heterocycles. The van der Waals surface area contributed by atoms with Gasteiger partial charge in [0.15, 0.2) is 0 Å². The lowest BCUT2D eigenvalue weighted by molar-refractivity contribution is -0.686. The maximum atomic E-state index is 6.12. The van der Waals surface area contributed by atoms with Crippen molar-refractivity contribution in [2.75, 3.05) is 6.61 Å². The number of nitrogens with two attached hydrogens (primary N) is 1. The third-order valence-corrected chi connectivity index (χ3v) is 6.87. The Balaban J connectivity index is 1.80. The molecular formula is C21H35NO. The molecule has 2 nitrogen and oxygen atoms in total. The molecule has 2 heteroatoms. The predicted octanol–water partition coefficient (Wildman–Crippen LogP) is 4.00. The van der Waals surface area contributed by atoms with Crippen LogP contribution in [0.5, 0.6) is 0 Å². The van der Waals surface area contributed by atoms with Crippen LogP contribution in [0.15, 0.2) is 23.3 Å². The Hall–Kier alpha value is -0.600. The number of ether oxygens (including phenoxy) is 1. The number of epoxide rings is 1. The second kappa shape index (κ2) is 6.37. The van der Waals surface area contributed by atoms with Crippen molar-refractivity contribution in [2.45, 2.75) is 77.4 Å². The normalized spacial score (nSPS) is 42.7. The van der Waals surface area contributed by atoms with Gasteiger partial charge in [-0.2, -0.15) is 7.05 Å². The Kier molecular flexibility index (Phi) is 4.77. The van der Waals surface area contributed by atoms with Crippen molar-refractivity contribution in [3.05, 3.63) is 30.3 Å². The Labute approximate surface area is 142 Å². The van der Waals surface area contributed by atoms with Crippen molar-refractivity contribution < 1.29 is 10.1 Å². The molecule has 0 bridgehead atoms. The molecule has 0 amide bonds. The highest BCUT2D eigenvalue weighted by Gasteiger charge is 2.59. The molecule has 0 aromatic rings.